The van der Waals surface area contributed by atoms with E-state index in [0.717, 1.165) is 37.7 Å². The number of fused-ring (bicyclic) bond motifs is 3. The molecule has 3 heterocycles. The van der Waals surface area contributed by atoms with Crippen molar-refractivity contribution in [3.05, 3.63) is 47.7 Å². The number of hydrogen-bond acceptors (Lipinski definition) is 7. The number of aromatic nitrogens is 2. The third kappa shape index (κ3) is 5.33. The number of carbonyl (C=O) groups is 2. The van der Waals surface area contributed by atoms with Crippen LogP contribution in [0.1, 0.15) is 76.3 Å². The third-order valence-corrected chi connectivity index (χ3v) is 7.13. The van der Waals surface area contributed by atoms with E-state index in [1.165, 1.54) is 0 Å². The first-order chi connectivity index (χ1) is 17.2. The molecule has 0 unspecified atom stereocenters. The van der Waals surface area contributed by atoms with Crippen molar-refractivity contribution in [3.8, 4) is 0 Å². The molecule has 1 aromatic carbocycles. The van der Waals surface area contributed by atoms with Gasteiger partial charge in [-0.15, -0.1) is 10.2 Å². The molecular weight excluding hydrogens is 462 g/mol. The van der Waals surface area contributed by atoms with Gasteiger partial charge in [0.25, 0.3) is 0 Å². The third-order valence-electron chi connectivity index (χ3n) is 7.13. The molecule has 36 heavy (non-hydrogen) atoms. The van der Waals surface area contributed by atoms with Crippen molar-refractivity contribution in [2.45, 2.75) is 83.6 Å². The van der Waals surface area contributed by atoms with Crippen molar-refractivity contribution in [1.29, 1.82) is 0 Å². The summed E-state index contributed by atoms with van der Waals surface area (Å²) in [4.78, 5) is 32.9. The number of urea groups is 1. The van der Waals surface area contributed by atoms with Gasteiger partial charge in [-0.3, -0.25) is 4.84 Å². The summed E-state index contributed by atoms with van der Waals surface area (Å²) in [6.07, 6.45) is 4.73. The topological polar surface area (TPSA) is 110 Å². The molecule has 3 amide bonds. The number of alkyl carbamates (subject to hydrolysis) is 1. The number of rotatable bonds is 9. The Bertz CT molecular complexity index is 1080. The van der Waals surface area contributed by atoms with Crippen LogP contribution in [0.3, 0.4) is 0 Å². The van der Waals surface area contributed by atoms with Crippen LogP contribution in [-0.4, -0.2) is 57.0 Å². The lowest BCUT2D eigenvalue weighted by Gasteiger charge is -2.35. The van der Waals surface area contributed by atoms with Gasteiger partial charge in [0.2, 0.25) is 11.8 Å². The highest BCUT2D eigenvalue weighted by molar-refractivity contribution is 5.77. The minimum atomic E-state index is -0.510. The van der Waals surface area contributed by atoms with Crippen LogP contribution in [0.2, 0.25) is 0 Å². The lowest BCUT2D eigenvalue weighted by atomic mass is 9.85. The van der Waals surface area contributed by atoms with Gasteiger partial charge < -0.3 is 19.4 Å². The van der Waals surface area contributed by atoms with Gasteiger partial charge in [0.05, 0.1) is 6.04 Å². The first-order valence-corrected chi connectivity index (χ1v) is 12.8. The van der Waals surface area contributed by atoms with Gasteiger partial charge in [0.1, 0.15) is 18.2 Å². The quantitative estimate of drug-likeness (QED) is 0.512. The second kappa shape index (κ2) is 9.72. The summed E-state index contributed by atoms with van der Waals surface area (Å²) >= 11 is 0. The van der Waals surface area contributed by atoms with Crippen LogP contribution >= 0.6 is 0 Å². The lowest BCUT2D eigenvalue weighted by molar-refractivity contribution is -0.153. The Balaban J connectivity index is 1.14. The fourth-order valence-electron chi connectivity index (χ4n) is 5.12. The zero-order valence-electron chi connectivity index (χ0n) is 21.2. The normalized spacial score (nSPS) is 22.2. The SMILES string of the molecule is CC(C)(C)OC(=O)NCCCCc1nnc([C@@H]2CC3(CC3)[C@@H]3CN2C(=O)N3OCc2ccccc2)o1. The van der Waals surface area contributed by atoms with E-state index < -0.39 is 11.7 Å². The molecule has 1 spiro atoms. The molecule has 0 radical (unpaired) electrons. The summed E-state index contributed by atoms with van der Waals surface area (Å²) in [5.41, 5.74) is 0.585. The van der Waals surface area contributed by atoms with Gasteiger partial charge in [-0.05, 0) is 63.9 Å². The highest BCUT2D eigenvalue weighted by atomic mass is 16.7. The van der Waals surface area contributed by atoms with Crippen molar-refractivity contribution in [2.24, 2.45) is 5.41 Å². The smallest absolute Gasteiger partial charge is 0.407 e. The highest BCUT2D eigenvalue weighted by Gasteiger charge is 2.64. The predicted octanol–water partition coefficient (Wildman–Crippen LogP) is 4.38. The number of piperidine rings is 1. The summed E-state index contributed by atoms with van der Waals surface area (Å²) in [7, 11) is 0. The number of hydrogen-bond donors (Lipinski definition) is 1. The standard InChI is InChI=1S/C26H35N5O5/c1-25(2,3)36-23(32)27-14-8-7-11-21-28-29-22(35-21)19-15-26(12-13-26)20-16-30(19)24(33)31(20)34-17-18-9-5-4-6-10-18/h4-6,9-10,19-20H,7-8,11-17H2,1-3H3,(H,27,32)/t19-,20-/m0/s1. The molecule has 194 valence electrons. The van der Waals surface area contributed by atoms with Gasteiger partial charge in [0, 0.05) is 19.5 Å². The second-order valence-corrected chi connectivity index (χ2v) is 11.0. The molecule has 2 aliphatic heterocycles. The van der Waals surface area contributed by atoms with Gasteiger partial charge in [-0.25, -0.2) is 9.59 Å². The average Bonchev–Trinajstić information content (AvgIpc) is 3.32. The largest absolute Gasteiger partial charge is 0.444 e. The van der Waals surface area contributed by atoms with Crippen LogP contribution in [0.15, 0.2) is 34.7 Å². The number of aryl methyl sites for hydroxylation is 1. The Morgan fingerprint density at radius 3 is 2.69 bits per heavy atom. The van der Waals surface area contributed by atoms with E-state index >= 15 is 0 Å². The Labute approximate surface area is 211 Å². The Morgan fingerprint density at radius 2 is 1.97 bits per heavy atom. The molecule has 10 heteroatoms. The van der Waals surface area contributed by atoms with E-state index in [2.05, 4.69) is 15.5 Å². The molecule has 2 atom stereocenters. The van der Waals surface area contributed by atoms with Crippen molar-refractivity contribution >= 4 is 12.1 Å². The summed E-state index contributed by atoms with van der Waals surface area (Å²) in [6, 6.07) is 9.60. The summed E-state index contributed by atoms with van der Waals surface area (Å²) in [5.74, 6) is 1.05. The van der Waals surface area contributed by atoms with E-state index in [9.17, 15) is 9.59 Å². The molecule has 3 aliphatic rings. The average molecular weight is 498 g/mol. The van der Waals surface area contributed by atoms with Crippen LogP contribution in [0.25, 0.3) is 0 Å². The molecule has 3 fully saturated rings. The van der Waals surface area contributed by atoms with E-state index in [1.54, 1.807) is 5.06 Å². The first kappa shape index (κ1) is 24.5. The number of carbonyl (C=O) groups excluding carboxylic acids is 2. The molecule has 5 rings (SSSR count). The Kier molecular flexibility index (Phi) is 6.63. The van der Waals surface area contributed by atoms with Gasteiger partial charge >= 0.3 is 12.1 Å². The fourth-order valence-corrected chi connectivity index (χ4v) is 5.12. The number of nitrogens with zero attached hydrogens (tertiary/aromatic N) is 4. The Hall–Kier alpha value is -3.14. The first-order valence-electron chi connectivity index (χ1n) is 12.8. The van der Waals surface area contributed by atoms with Crippen molar-refractivity contribution in [3.63, 3.8) is 0 Å². The van der Waals surface area contributed by atoms with Crippen molar-refractivity contribution in [2.75, 3.05) is 13.1 Å². The fraction of sp³-hybridized carbons (Fsp3) is 0.615. The zero-order chi connectivity index (χ0) is 25.3. The van der Waals surface area contributed by atoms with E-state index in [4.69, 9.17) is 14.0 Å². The van der Waals surface area contributed by atoms with Gasteiger partial charge in [-0.2, -0.15) is 5.06 Å². The maximum Gasteiger partial charge on any atom is 0.407 e. The predicted molar refractivity (Wildman–Crippen MR) is 129 cm³/mol. The molecule has 2 saturated heterocycles. The molecular formula is C26H35N5O5. The number of unbranched alkanes of at least 4 members (excludes halogenated alkanes) is 1. The van der Waals surface area contributed by atoms with E-state index in [-0.39, 0.29) is 23.5 Å². The van der Waals surface area contributed by atoms with Crippen LogP contribution in [0, 0.1) is 5.41 Å². The van der Waals surface area contributed by atoms with Crippen LogP contribution in [0.5, 0.6) is 0 Å². The van der Waals surface area contributed by atoms with E-state index in [0.29, 0.717) is 37.9 Å². The lowest BCUT2D eigenvalue weighted by Crippen LogP contribution is -2.42. The van der Waals surface area contributed by atoms with Crippen LogP contribution < -0.4 is 5.32 Å². The molecule has 1 saturated carbocycles. The number of hydroxylamine groups is 2. The maximum absolute atomic E-state index is 13.3. The molecule has 1 aliphatic carbocycles. The summed E-state index contributed by atoms with van der Waals surface area (Å²) < 4.78 is 11.3. The zero-order valence-corrected chi connectivity index (χ0v) is 21.2. The molecule has 2 aromatic rings. The number of amides is 3. The number of nitrogens with one attached hydrogen (secondary N) is 1. The van der Waals surface area contributed by atoms with E-state index in [1.807, 2.05) is 56.0 Å². The van der Waals surface area contributed by atoms with Gasteiger partial charge in [0.15, 0.2) is 0 Å². The minimum absolute atomic E-state index is 0.0600. The highest BCUT2D eigenvalue weighted by Crippen LogP contribution is 2.61. The Morgan fingerprint density at radius 1 is 1.19 bits per heavy atom. The monoisotopic (exact) mass is 497 g/mol. The van der Waals surface area contributed by atoms with Crippen molar-refractivity contribution < 1.29 is 23.6 Å². The van der Waals surface area contributed by atoms with Crippen LogP contribution in [-0.2, 0) is 22.6 Å². The minimum Gasteiger partial charge on any atom is -0.444 e. The molecule has 10 nitrogen and oxygen atoms in total. The number of benzene rings is 1. The molecule has 1 N–H and O–H groups in total. The maximum atomic E-state index is 13.3. The number of ether oxygens (including phenoxy) is 1. The molecule has 1 aromatic heterocycles. The summed E-state index contributed by atoms with van der Waals surface area (Å²) in [6.45, 7) is 7.01. The molecule has 2 bridgehead atoms. The van der Waals surface area contributed by atoms with Gasteiger partial charge in [-0.1, -0.05) is 30.3 Å². The second-order valence-electron chi connectivity index (χ2n) is 11.0. The van der Waals surface area contributed by atoms with Crippen LogP contribution in [0.4, 0.5) is 9.59 Å². The summed E-state index contributed by atoms with van der Waals surface area (Å²) in [5, 5.41) is 12.9. The van der Waals surface area contributed by atoms with Crippen molar-refractivity contribution in [1.82, 2.24) is 25.5 Å².